The first-order valence-electron chi connectivity index (χ1n) is 6.37. The molecule has 0 spiro atoms. The Kier molecular flexibility index (Phi) is 4.07. The maximum absolute atomic E-state index is 11.9. The van der Waals surface area contributed by atoms with Crippen molar-refractivity contribution < 1.29 is 13.5 Å². The van der Waals surface area contributed by atoms with Crippen molar-refractivity contribution in [1.29, 1.82) is 0 Å². The zero-order chi connectivity index (χ0) is 13.2. The van der Waals surface area contributed by atoms with Crippen molar-refractivity contribution in [1.82, 2.24) is 9.78 Å². The lowest BCUT2D eigenvalue weighted by Crippen LogP contribution is -2.38. The SMILES string of the molecule is Cn1nccc1CCC(O)C1CCCCS1(=O)=O. The number of hydrogen-bond acceptors (Lipinski definition) is 4. The molecular formula is C12H20N2O3S. The molecule has 0 aliphatic carbocycles. The number of aliphatic hydroxyl groups is 1. The van der Waals surface area contributed by atoms with Gasteiger partial charge in [0.05, 0.1) is 17.1 Å². The number of hydrogen-bond donors (Lipinski definition) is 1. The third-order valence-electron chi connectivity index (χ3n) is 3.68. The van der Waals surface area contributed by atoms with E-state index in [0.717, 1.165) is 18.5 Å². The van der Waals surface area contributed by atoms with Gasteiger partial charge in [-0.1, -0.05) is 6.42 Å². The topological polar surface area (TPSA) is 72.2 Å². The van der Waals surface area contributed by atoms with Gasteiger partial charge in [-0.05, 0) is 31.7 Å². The number of aromatic nitrogens is 2. The summed E-state index contributed by atoms with van der Waals surface area (Å²) in [6.45, 7) is 0. The summed E-state index contributed by atoms with van der Waals surface area (Å²) >= 11 is 0. The summed E-state index contributed by atoms with van der Waals surface area (Å²) < 4.78 is 25.5. The Hall–Kier alpha value is -0.880. The van der Waals surface area contributed by atoms with E-state index in [4.69, 9.17) is 0 Å². The fourth-order valence-corrected chi connectivity index (χ4v) is 4.59. The first kappa shape index (κ1) is 13.5. The van der Waals surface area contributed by atoms with Crippen LogP contribution in [0.2, 0.25) is 0 Å². The minimum absolute atomic E-state index is 0.223. The van der Waals surface area contributed by atoms with E-state index >= 15 is 0 Å². The number of aryl methyl sites for hydroxylation is 2. The van der Waals surface area contributed by atoms with E-state index < -0.39 is 21.2 Å². The monoisotopic (exact) mass is 272 g/mol. The van der Waals surface area contributed by atoms with Crippen molar-refractivity contribution in [3.8, 4) is 0 Å². The molecule has 2 rings (SSSR count). The van der Waals surface area contributed by atoms with Gasteiger partial charge >= 0.3 is 0 Å². The van der Waals surface area contributed by atoms with Gasteiger partial charge in [0.2, 0.25) is 0 Å². The molecule has 102 valence electrons. The minimum atomic E-state index is -3.10. The first-order valence-corrected chi connectivity index (χ1v) is 8.09. The van der Waals surface area contributed by atoms with Crippen molar-refractivity contribution in [2.45, 2.75) is 43.5 Å². The summed E-state index contributed by atoms with van der Waals surface area (Å²) in [5.74, 6) is 0.223. The molecule has 1 aliphatic heterocycles. The van der Waals surface area contributed by atoms with Crippen LogP contribution in [0.5, 0.6) is 0 Å². The maximum atomic E-state index is 11.9. The van der Waals surface area contributed by atoms with Crippen LogP contribution < -0.4 is 0 Å². The van der Waals surface area contributed by atoms with Crippen LogP contribution in [0.1, 0.15) is 31.4 Å². The molecule has 6 heteroatoms. The summed E-state index contributed by atoms with van der Waals surface area (Å²) in [7, 11) is -1.25. The Labute approximate surface area is 108 Å². The van der Waals surface area contributed by atoms with Gasteiger partial charge in [0, 0.05) is 18.9 Å². The van der Waals surface area contributed by atoms with Gasteiger partial charge in [0.1, 0.15) is 0 Å². The van der Waals surface area contributed by atoms with E-state index in [9.17, 15) is 13.5 Å². The molecule has 1 aromatic heterocycles. The lowest BCUT2D eigenvalue weighted by molar-refractivity contribution is 0.151. The second kappa shape index (κ2) is 5.40. The van der Waals surface area contributed by atoms with Crippen LogP contribution in [-0.2, 0) is 23.3 Å². The summed E-state index contributed by atoms with van der Waals surface area (Å²) in [5.41, 5.74) is 1.02. The lowest BCUT2D eigenvalue weighted by Gasteiger charge is -2.26. The highest BCUT2D eigenvalue weighted by Gasteiger charge is 2.34. The third kappa shape index (κ3) is 2.92. The third-order valence-corrected chi connectivity index (χ3v) is 6.01. The lowest BCUT2D eigenvalue weighted by atomic mass is 10.0. The quantitative estimate of drug-likeness (QED) is 0.875. The molecule has 18 heavy (non-hydrogen) atoms. The van der Waals surface area contributed by atoms with Crippen molar-refractivity contribution in [3.05, 3.63) is 18.0 Å². The van der Waals surface area contributed by atoms with Crippen LogP contribution >= 0.6 is 0 Å². The highest BCUT2D eigenvalue weighted by Crippen LogP contribution is 2.24. The average Bonchev–Trinajstić information content (AvgIpc) is 2.71. The minimum Gasteiger partial charge on any atom is -0.392 e. The molecule has 1 N–H and O–H groups in total. The second-order valence-corrected chi connectivity index (χ2v) is 7.29. The fraction of sp³-hybridized carbons (Fsp3) is 0.750. The average molecular weight is 272 g/mol. The second-order valence-electron chi connectivity index (χ2n) is 4.95. The molecule has 2 atom stereocenters. The van der Waals surface area contributed by atoms with E-state index in [0.29, 0.717) is 19.3 Å². The molecule has 2 heterocycles. The van der Waals surface area contributed by atoms with Crippen molar-refractivity contribution in [2.75, 3.05) is 5.75 Å². The summed E-state index contributed by atoms with van der Waals surface area (Å²) in [6, 6.07) is 1.89. The van der Waals surface area contributed by atoms with Gasteiger partial charge in [-0.25, -0.2) is 8.42 Å². The Morgan fingerprint density at radius 3 is 2.94 bits per heavy atom. The summed E-state index contributed by atoms with van der Waals surface area (Å²) in [4.78, 5) is 0. The van der Waals surface area contributed by atoms with Crippen LogP contribution in [-0.4, -0.2) is 40.4 Å². The van der Waals surface area contributed by atoms with Crippen LogP contribution in [0, 0.1) is 0 Å². The van der Waals surface area contributed by atoms with Gasteiger partial charge in [0.15, 0.2) is 9.84 Å². The van der Waals surface area contributed by atoms with Gasteiger partial charge < -0.3 is 5.11 Å². The Morgan fingerprint density at radius 2 is 2.33 bits per heavy atom. The molecule has 0 aromatic carbocycles. The van der Waals surface area contributed by atoms with Crippen LogP contribution in [0.25, 0.3) is 0 Å². The van der Waals surface area contributed by atoms with E-state index in [1.807, 2.05) is 13.1 Å². The van der Waals surface area contributed by atoms with E-state index in [-0.39, 0.29) is 5.75 Å². The molecule has 0 saturated carbocycles. The van der Waals surface area contributed by atoms with Crippen LogP contribution in [0.4, 0.5) is 0 Å². The molecule has 1 fully saturated rings. The summed E-state index contributed by atoms with van der Waals surface area (Å²) in [6.07, 6.45) is 4.30. The molecule has 0 radical (unpaired) electrons. The first-order chi connectivity index (χ1) is 8.50. The largest absolute Gasteiger partial charge is 0.392 e. The molecule has 1 aromatic rings. The Morgan fingerprint density at radius 1 is 1.56 bits per heavy atom. The van der Waals surface area contributed by atoms with E-state index in [2.05, 4.69) is 5.10 Å². The van der Waals surface area contributed by atoms with Gasteiger partial charge in [-0.2, -0.15) is 5.10 Å². The number of nitrogens with zero attached hydrogens (tertiary/aromatic N) is 2. The van der Waals surface area contributed by atoms with E-state index in [1.54, 1.807) is 10.9 Å². The molecule has 5 nitrogen and oxygen atoms in total. The standard InChI is InChI=1S/C12H20N2O3S/c1-14-10(7-8-13-14)5-6-11(15)12-4-2-3-9-18(12,16)17/h7-8,11-12,15H,2-6,9H2,1H3. The van der Waals surface area contributed by atoms with Crippen LogP contribution in [0.15, 0.2) is 12.3 Å². The molecule has 1 saturated heterocycles. The Bertz CT molecular complexity index is 495. The smallest absolute Gasteiger partial charge is 0.155 e. The van der Waals surface area contributed by atoms with Crippen LogP contribution in [0.3, 0.4) is 0 Å². The molecule has 0 amide bonds. The normalized spacial score (nSPS) is 24.9. The maximum Gasteiger partial charge on any atom is 0.155 e. The van der Waals surface area contributed by atoms with Gasteiger partial charge in [-0.3, -0.25) is 4.68 Å². The molecular weight excluding hydrogens is 252 g/mol. The molecule has 1 aliphatic rings. The van der Waals surface area contributed by atoms with E-state index in [1.165, 1.54) is 0 Å². The fourth-order valence-electron chi connectivity index (χ4n) is 2.54. The predicted octanol–water partition coefficient (Wildman–Crippen LogP) is 0.681. The highest BCUT2D eigenvalue weighted by molar-refractivity contribution is 7.92. The molecule has 0 bridgehead atoms. The van der Waals surface area contributed by atoms with Crippen molar-refractivity contribution >= 4 is 9.84 Å². The van der Waals surface area contributed by atoms with Gasteiger partial charge in [0.25, 0.3) is 0 Å². The number of rotatable bonds is 4. The number of sulfone groups is 1. The number of aliphatic hydroxyl groups excluding tert-OH is 1. The zero-order valence-corrected chi connectivity index (χ0v) is 11.4. The zero-order valence-electron chi connectivity index (χ0n) is 10.6. The van der Waals surface area contributed by atoms with Gasteiger partial charge in [-0.15, -0.1) is 0 Å². The molecule has 2 unspecified atom stereocenters. The predicted molar refractivity (Wildman–Crippen MR) is 69.0 cm³/mol. The van der Waals surface area contributed by atoms with Crippen molar-refractivity contribution in [2.24, 2.45) is 7.05 Å². The van der Waals surface area contributed by atoms with Crippen molar-refractivity contribution in [3.63, 3.8) is 0 Å². The Balaban J connectivity index is 1.95. The summed E-state index contributed by atoms with van der Waals surface area (Å²) in [5, 5.41) is 13.6. The highest BCUT2D eigenvalue weighted by atomic mass is 32.2.